The number of benzene rings is 2. The number of hydrogen-bond donors (Lipinski definition) is 0. The third-order valence-corrected chi connectivity index (χ3v) is 3.38. The SMILES string of the molecule is N#CCOc1ccccc1C1(c2ccccc2)OCCO1. The molecule has 106 valence electrons. The Bertz CT molecular complexity index is 643. The maximum absolute atomic E-state index is 8.73. The normalized spacial score (nSPS) is 16.3. The predicted molar refractivity (Wildman–Crippen MR) is 76.7 cm³/mol. The average molecular weight is 281 g/mol. The van der Waals surface area contributed by atoms with E-state index in [-0.39, 0.29) is 6.61 Å². The fourth-order valence-corrected chi connectivity index (χ4v) is 2.52. The Balaban J connectivity index is 2.09. The van der Waals surface area contributed by atoms with Gasteiger partial charge in [-0.25, -0.2) is 0 Å². The van der Waals surface area contributed by atoms with Crippen LogP contribution in [-0.4, -0.2) is 19.8 Å². The second-order valence-corrected chi connectivity index (χ2v) is 4.62. The summed E-state index contributed by atoms with van der Waals surface area (Å²) in [5.74, 6) is -0.363. The van der Waals surface area contributed by atoms with E-state index in [4.69, 9.17) is 19.5 Å². The van der Waals surface area contributed by atoms with E-state index in [1.54, 1.807) is 0 Å². The summed E-state index contributed by atoms with van der Waals surface area (Å²) in [6.45, 7) is 1.02. The standard InChI is InChI=1S/C17H15NO3/c18-10-11-19-16-9-5-4-8-15(16)17(20-12-13-21-17)14-6-2-1-3-7-14/h1-9H,11-13H2. The number of para-hydroxylation sites is 1. The highest BCUT2D eigenvalue weighted by Gasteiger charge is 2.42. The van der Waals surface area contributed by atoms with Gasteiger partial charge in [-0.2, -0.15) is 5.26 Å². The van der Waals surface area contributed by atoms with Gasteiger partial charge in [-0.15, -0.1) is 0 Å². The molecule has 0 radical (unpaired) electrons. The topological polar surface area (TPSA) is 51.5 Å². The number of ether oxygens (including phenoxy) is 3. The fraction of sp³-hybridized carbons (Fsp3) is 0.235. The van der Waals surface area contributed by atoms with Crippen LogP contribution in [0.3, 0.4) is 0 Å². The summed E-state index contributed by atoms with van der Waals surface area (Å²) in [7, 11) is 0. The van der Waals surface area contributed by atoms with E-state index in [9.17, 15) is 0 Å². The van der Waals surface area contributed by atoms with E-state index in [0.717, 1.165) is 11.1 Å². The van der Waals surface area contributed by atoms with E-state index in [2.05, 4.69) is 0 Å². The van der Waals surface area contributed by atoms with E-state index < -0.39 is 5.79 Å². The first-order valence-corrected chi connectivity index (χ1v) is 6.79. The first-order valence-electron chi connectivity index (χ1n) is 6.79. The number of nitriles is 1. The zero-order valence-electron chi connectivity index (χ0n) is 11.5. The number of rotatable bonds is 4. The van der Waals surface area contributed by atoms with E-state index >= 15 is 0 Å². The summed E-state index contributed by atoms with van der Waals surface area (Å²) in [6.07, 6.45) is 0. The molecule has 0 amide bonds. The highest BCUT2D eigenvalue weighted by molar-refractivity contribution is 5.43. The van der Waals surface area contributed by atoms with Crippen LogP contribution in [0, 0.1) is 11.3 Å². The second-order valence-electron chi connectivity index (χ2n) is 4.62. The van der Waals surface area contributed by atoms with Gasteiger partial charge in [0.1, 0.15) is 11.8 Å². The molecule has 1 fully saturated rings. The second kappa shape index (κ2) is 5.96. The Labute approximate surface area is 123 Å². The Morgan fingerprint density at radius 3 is 2.38 bits per heavy atom. The summed E-state index contributed by atoms with van der Waals surface area (Å²) in [4.78, 5) is 0. The molecule has 0 spiro atoms. The molecule has 0 unspecified atom stereocenters. The first-order chi connectivity index (χ1) is 10.4. The van der Waals surface area contributed by atoms with Gasteiger partial charge in [0, 0.05) is 5.56 Å². The van der Waals surface area contributed by atoms with Crippen LogP contribution in [0.4, 0.5) is 0 Å². The van der Waals surface area contributed by atoms with Crippen LogP contribution in [0.2, 0.25) is 0 Å². The molecule has 0 bridgehead atoms. The Morgan fingerprint density at radius 2 is 1.67 bits per heavy atom. The van der Waals surface area contributed by atoms with Gasteiger partial charge >= 0.3 is 0 Å². The number of hydrogen-bond acceptors (Lipinski definition) is 4. The summed E-state index contributed by atoms with van der Waals surface area (Å²) in [6, 6.07) is 19.3. The molecule has 3 rings (SSSR count). The van der Waals surface area contributed by atoms with Crippen molar-refractivity contribution < 1.29 is 14.2 Å². The minimum atomic E-state index is -0.965. The third-order valence-electron chi connectivity index (χ3n) is 3.38. The molecule has 1 heterocycles. The molecular weight excluding hydrogens is 266 g/mol. The van der Waals surface area contributed by atoms with E-state index in [1.807, 2.05) is 60.7 Å². The van der Waals surface area contributed by atoms with Crippen LogP contribution in [0.25, 0.3) is 0 Å². The maximum Gasteiger partial charge on any atom is 0.226 e. The fourth-order valence-electron chi connectivity index (χ4n) is 2.52. The molecule has 2 aromatic rings. The van der Waals surface area contributed by atoms with Crippen molar-refractivity contribution in [2.45, 2.75) is 5.79 Å². The zero-order valence-corrected chi connectivity index (χ0v) is 11.5. The lowest BCUT2D eigenvalue weighted by atomic mass is 9.96. The molecule has 1 aliphatic rings. The molecule has 4 heteroatoms. The Morgan fingerprint density at radius 1 is 1.00 bits per heavy atom. The lowest BCUT2D eigenvalue weighted by Gasteiger charge is -2.29. The molecular formula is C17H15NO3. The van der Waals surface area contributed by atoms with Gasteiger partial charge in [0.15, 0.2) is 6.61 Å². The molecule has 1 aliphatic heterocycles. The van der Waals surface area contributed by atoms with Crippen LogP contribution in [0.5, 0.6) is 5.75 Å². The summed E-state index contributed by atoms with van der Waals surface area (Å²) >= 11 is 0. The lowest BCUT2D eigenvalue weighted by molar-refractivity contribution is -0.131. The minimum absolute atomic E-state index is 0.0120. The van der Waals surface area contributed by atoms with Gasteiger partial charge < -0.3 is 14.2 Å². The summed E-state index contributed by atoms with van der Waals surface area (Å²) < 4.78 is 17.4. The van der Waals surface area contributed by atoms with Crippen molar-refractivity contribution in [2.24, 2.45) is 0 Å². The van der Waals surface area contributed by atoms with Crippen molar-refractivity contribution in [2.75, 3.05) is 19.8 Å². The highest BCUT2D eigenvalue weighted by atomic mass is 16.7. The molecule has 4 nitrogen and oxygen atoms in total. The Kier molecular flexibility index (Phi) is 3.87. The Hall–Kier alpha value is -2.35. The molecule has 2 aromatic carbocycles. The van der Waals surface area contributed by atoms with Crippen LogP contribution in [0.15, 0.2) is 54.6 Å². The van der Waals surface area contributed by atoms with Crippen LogP contribution >= 0.6 is 0 Å². The minimum Gasteiger partial charge on any atom is -0.478 e. The molecule has 0 atom stereocenters. The van der Waals surface area contributed by atoms with Crippen LogP contribution < -0.4 is 4.74 Å². The van der Waals surface area contributed by atoms with Gasteiger partial charge in [-0.05, 0) is 12.1 Å². The molecule has 0 aromatic heterocycles. The largest absolute Gasteiger partial charge is 0.478 e. The van der Waals surface area contributed by atoms with Gasteiger partial charge in [-0.1, -0.05) is 42.5 Å². The van der Waals surface area contributed by atoms with Crippen molar-refractivity contribution >= 4 is 0 Å². The average Bonchev–Trinajstić information content (AvgIpc) is 3.05. The van der Waals surface area contributed by atoms with Gasteiger partial charge in [-0.3, -0.25) is 0 Å². The summed E-state index contributed by atoms with van der Waals surface area (Å²) in [5.41, 5.74) is 1.69. The highest BCUT2D eigenvalue weighted by Crippen LogP contribution is 2.42. The number of nitrogens with zero attached hydrogens (tertiary/aromatic N) is 1. The molecule has 0 N–H and O–H groups in total. The van der Waals surface area contributed by atoms with Crippen molar-refractivity contribution in [1.29, 1.82) is 5.26 Å². The first kappa shape index (κ1) is 13.6. The predicted octanol–water partition coefficient (Wildman–Crippen LogP) is 2.84. The van der Waals surface area contributed by atoms with Gasteiger partial charge in [0.2, 0.25) is 5.79 Å². The van der Waals surface area contributed by atoms with Crippen molar-refractivity contribution in [1.82, 2.24) is 0 Å². The zero-order chi connectivity index (χ0) is 14.5. The van der Waals surface area contributed by atoms with Gasteiger partial charge in [0.25, 0.3) is 0 Å². The van der Waals surface area contributed by atoms with Crippen LogP contribution in [-0.2, 0) is 15.3 Å². The smallest absolute Gasteiger partial charge is 0.226 e. The third kappa shape index (κ3) is 2.49. The van der Waals surface area contributed by atoms with Gasteiger partial charge in [0.05, 0.1) is 18.8 Å². The van der Waals surface area contributed by atoms with Crippen molar-refractivity contribution in [3.8, 4) is 11.8 Å². The molecule has 1 saturated heterocycles. The molecule has 0 saturated carbocycles. The maximum atomic E-state index is 8.73. The van der Waals surface area contributed by atoms with Crippen LogP contribution in [0.1, 0.15) is 11.1 Å². The van der Waals surface area contributed by atoms with Crippen molar-refractivity contribution in [3.63, 3.8) is 0 Å². The van der Waals surface area contributed by atoms with Crippen molar-refractivity contribution in [3.05, 3.63) is 65.7 Å². The quantitative estimate of drug-likeness (QED) is 0.864. The monoisotopic (exact) mass is 281 g/mol. The molecule has 21 heavy (non-hydrogen) atoms. The van der Waals surface area contributed by atoms with E-state index in [1.165, 1.54) is 0 Å². The summed E-state index contributed by atoms with van der Waals surface area (Å²) in [5, 5.41) is 8.73. The molecule has 0 aliphatic carbocycles. The lowest BCUT2D eigenvalue weighted by Crippen LogP contribution is -2.29. The van der Waals surface area contributed by atoms with E-state index in [0.29, 0.717) is 19.0 Å².